The molecule has 0 radical (unpaired) electrons. The predicted molar refractivity (Wildman–Crippen MR) is 92.3 cm³/mol. The van der Waals surface area contributed by atoms with E-state index >= 15 is 0 Å². The highest BCUT2D eigenvalue weighted by Crippen LogP contribution is 2.26. The molecule has 24 heavy (non-hydrogen) atoms. The normalized spacial score (nSPS) is 10.6. The van der Waals surface area contributed by atoms with E-state index in [1.165, 1.54) is 0 Å². The van der Waals surface area contributed by atoms with Crippen molar-refractivity contribution in [2.45, 2.75) is 13.3 Å². The van der Waals surface area contributed by atoms with Crippen molar-refractivity contribution >= 4 is 23.2 Å². The minimum atomic E-state index is -0.0798. The van der Waals surface area contributed by atoms with Gasteiger partial charge in [-0.3, -0.25) is 14.8 Å². The largest absolute Gasteiger partial charge is 0.308 e. The van der Waals surface area contributed by atoms with E-state index in [9.17, 15) is 4.79 Å². The van der Waals surface area contributed by atoms with Crippen molar-refractivity contribution < 1.29 is 4.79 Å². The first-order valence-electron chi connectivity index (χ1n) is 7.55. The second-order valence-electron chi connectivity index (χ2n) is 5.10. The zero-order chi connectivity index (χ0) is 16.9. The topological polar surface area (TPSA) is 63.9 Å². The number of amides is 1. The van der Waals surface area contributed by atoms with Crippen LogP contribution >= 0.6 is 11.6 Å². The monoisotopic (exact) mass is 341 g/mol. The Hall–Kier alpha value is -2.73. The summed E-state index contributed by atoms with van der Waals surface area (Å²) in [6, 6.07) is 9.19. The quantitative estimate of drug-likeness (QED) is 0.715. The molecule has 7 heteroatoms. The Labute approximate surface area is 144 Å². The molecule has 0 unspecified atom stereocenters. The molecule has 3 rings (SSSR count). The summed E-state index contributed by atoms with van der Waals surface area (Å²) in [5.41, 5.74) is 2.07. The predicted octanol–water partition coefficient (Wildman–Crippen LogP) is 2.91. The second kappa shape index (κ2) is 7.23. The molecule has 3 heterocycles. The Bertz CT molecular complexity index is 820. The lowest BCUT2D eigenvalue weighted by molar-refractivity contribution is -0.118. The zero-order valence-electron chi connectivity index (χ0n) is 13.1. The molecular weight excluding hydrogens is 326 g/mol. The fourth-order valence-corrected chi connectivity index (χ4v) is 2.61. The van der Waals surface area contributed by atoms with E-state index in [0.29, 0.717) is 12.2 Å². The van der Waals surface area contributed by atoms with Crippen molar-refractivity contribution in [3.05, 3.63) is 66.0 Å². The molecule has 0 aliphatic rings. The fourth-order valence-electron chi connectivity index (χ4n) is 2.38. The number of hydrogen-bond donors (Lipinski definition) is 0. The third-order valence-corrected chi connectivity index (χ3v) is 3.80. The Morgan fingerprint density at radius 3 is 2.79 bits per heavy atom. The molecule has 0 aliphatic heterocycles. The zero-order valence-corrected chi connectivity index (χ0v) is 13.9. The van der Waals surface area contributed by atoms with Crippen LogP contribution in [0.5, 0.6) is 0 Å². The van der Waals surface area contributed by atoms with Gasteiger partial charge in [-0.2, -0.15) is 5.10 Å². The van der Waals surface area contributed by atoms with Crippen molar-refractivity contribution in [3.63, 3.8) is 0 Å². The van der Waals surface area contributed by atoms with Gasteiger partial charge in [0.25, 0.3) is 0 Å². The number of likely N-dealkylation sites (N-methyl/N-ethyl adjacent to an activating group) is 1. The summed E-state index contributed by atoms with van der Waals surface area (Å²) >= 11 is 6.25. The van der Waals surface area contributed by atoms with Gasteiger partial charge < -0.3 is 4.90 Å². The third-order valence-electron chi connectivity index (χ3n) is 3.53. The maximum absolute atomic E-state index is 12.6. The summed E-state index contributed by atoms with van der Waals surface area (Å²) in [6.07, 6.45) is 6.98. The molecule has 1 amide bonds. The maximum Gasteiger partial charge on any atom is 0.233 e. The Balaban J connectivity index is 1.86. The van der Waals surface area contributed by atoms with E-state index in [2.05, 4.69) is 15.1 Å². The average molecular weight is 342 g/mol. The van der Waals surface area contributed by atoms with Gasteiger partial charge in [-0.05, 0) is 31.2 Å². The Morgan fingerprint density at radius 2 is 2.12 bits per heavy atom. The van der Waals surface area contributed by atoms with E-state index in [4.69, 9.17) is 11.6 Å². The number of rotatable bonds is 5. The summed E-state index contributed by atoms with van der Waals surface area (Å²) in [5, 5.41) is 4.54. The molecule has 0 fully saturated rings. The number of aromatic nitrogens is 4. The van der Waals surface area contributed by atoms with Crippen LogP contribution in [0.3, 0.4) is 0 Å². The van der Waals surface area contributed by atoms with Gasteiger partial charge in [0.1, 0.15) is 5.69 Å². The molecule has 122 valence electrons. The van der Waals surface area contributed by atoms with Gasteiger partial charge in [-0.1, -0.05) is 17.7 Å². The number of halogens is 1. The van der Waals surface area contributed by atoms with Crippen LogP contribution in [-0.4, -0.2) is 32.2 Å². The number of carbonyl (C=O) groups is 1. The molecular formula is C17H16ClN5O. The smallest absolute Gasteiger partial charge is 0.233 e. The molecule has 3 aromatic rings. The number of anilines is 1. The van der Waals surface area contributed by atoms with E-state index in [1.54, 1.807) is 34.4 Å². The van der Waals surface area contributed by atoms with Gasteiger partial charge in [0.2, 0.25) is 5.91 Å². The van der Waals surface area contributed by atoms with E-state index < -0.39 is 0 Å². The molecule has 0 saturated carbocycles. The maximum atomic E-state index is 12.6. The number of carbonyl (C=O) groups excluding carboxylic acids is 1. The van der Waals surface area contributed by atoms with Gasteiger partial charge in [0, 0.05) is 24.6 Å². The van der Waals surface area contributed by atoms with Crippen LogP contribution in [-0.2, 0) is 11.2 Å². The van der Waals surface area contributed by atoms with Crippen molar-refractivity contribution in [2.75, 3.05) is 11.4 Å². The van der Waals surface area contributed by atoms with Crippen LogP contribution in [0.25, 0.3) is 5.69 Å². The minimum Gasteiger partial charge on any atom is -0.308 e. The van der Waals surface area contributed by atoms with Crippen molar-refractivity contribution in [2.24, 2.45) is 0 Å². The van der Waals surface area contributed by atoms with Crippen molar-refractivity contribution in [1.29, 1.82) is 0 Å². The molecule has 6 nitrogen and oxygen atoms in total. The first-order valence-corrected chi connectivity index (χ1v) is 7.92. The van der Waals surface area contributed by atoms with Gasteiger partial charge in [-0.15, -0.1) is 0 Å². The second-order valence-corrected chi connectivity index (χ2v) is 5.45. The standard InChI is InChI=1S/C17H16ClN5O/c1-2-22(16(24)10-13-6-3-4-9-20-13)15-12-23(21-17(15)18)14-7-5-8-19-11-14/h3-9,11-12H,2,10H2,1H3. The summed E-state index contributed by atoms with van der Waals surface area (Å²) in [6.45, 7) is 2.39. The number of pyridine rings is 2. The molecule has 0 bridgehead atoms. The van der Waals surface area contributed by atoms with E-state index in [0.717, 1.165) is 11.4 Å². The lowest BCUT2D eigenvalue weighted by Crippen LogP contribution is -2.32. The summed E-state index contributed by atoms with van der Waals surface area (Å²) in [7, 11) is 0. The molecule has 0 N–H and O–H groups in total. The third kappa shape index (κ3) is 3.44. The molecule has 0 saturated heterocycles. The Kier molecular flexibility index (Phi) is 4.86. The highest BCUT2D eigenvalue weighted by atomic mass is 35.5. The van der Waals surface area contributed by atoms with E-state index in [-0.39, 0.29) is 17.5 Å². The highest BCUT2D eigenvalue weighted by Gasteiger charge is 2.20. The van der Waals surface area contributed by atoms with Gasteiger partial charge in [0.05, 0.1) is 24.5 Å². The molecule has 0 aromatic carbocycles. The lowest BCUT2D eigenvalue weighted by Gasteiger charge is -2.19. The molecule has 3 aromatic heterocycles. The fraction of sp³-hybridized carbons (Fsp3) is 0.176. The first kappa shape index (κ1) is 16.1. The van der Waals surface area contributed by atoms with Crippen LogP contribution in [0.15, 0.2) is 55.1 Å². The SMILES string of the molecule is CCN(C(=O)Cc1ccccn1)c1cn(-c2cccnc2)nc1Cl. The average Bonchev–Trinajstić information content (AvgIpc) is 2.99. The summed E-state index contributed by atoms with van der Waals surface area (Å²) in [4.78, 5) is 22.5. The van der Waals surface area contributed by atoms with Crippen molar-refractivity contribution in [1.82, 2.24) is 19.7 Å². The van der Waals surface area contributed by atoms with E-state index in [1.807, 2.05) is 37.3 Å². The van der Waals surface area contributed by atoms with Gasteiger partial charge in [-0.25, -0.2) is 4.68 Å². The van der Waals surface area contributed by atoms with Gasteiger partial charge in [0.15, 0.2) is 5.15 Å². The van der Waals surface area contributed by atoms with Crippen LogP contribution in [0.4, 0.5) is 5.69 Å². The van der Waals surface area contributed by atoms with Crippen LogP contribution < -0.4 is 4.90 Å². The lowest BCUT2D eigenvalue weighted by atomic mass is 10.2. The van der Waals surface area contributed by atoms with Crippen molar-refractivity contribution in [3.8, 4) is 5.69 Å². The van der Waals surface area contributed by atoms with Gasteiger partial charge >= 0.3 is 0 Å². The first-order chi connectivity index (χ1) is 11.7. The number of hydrogen-bond acceptors (Lipinski definition) is 4. The van der Waals surface area contributed by atoms with Crippen LogP contribution in [0, 0.1) is 0 Å². The molecule has 0 atom stereocenters. The highest BCUT2D eigenvalue weighted by molar-refractivity contribution is 6.32. The molecule has 0 spiro atoms. The minimum absolute atomic E-state index is 0.0798. The van der Waals surface area contributed by atoms with Crippen LogP contribution in [0.2, 0.25) is 5.15 Å². The number of nitrogens with zero attached hydrogens (tertiary/aromatic N) is 5. The summed E-state index contributed by atoms with van der Waals surface area (Å²) in [5.74, 6) is -0.0798. The molecule has 0 aliphatic carbocycles. The summed E-state index contributed by atoms with van der Waals surface area (Å²) < 4.78 is 1.61. The Morgan fingerprint density at radius 1 is 1.25 bits per heavy atom. The van der Waals surface area contributed by atoms with Crippen LogP contribution in [0.1, 0.15) is 12.6 Å².